The molecule has 0 aromatic heterocycles. The van der Waals surface area contributed by atoms with Crippen molar-refractivity contribution in [2.24, 2.45) is 5.92 Å². The Bertz CT molecular complexity index is 535. The van der Waals surface area contributed by atoms with E-state index in [4.69, 9.17) is 26.2 Å². The Balaban J connectivity index is 2.12. The lowest BCUT2D eigenvalue weighted by Gasteiger charge is -2.36. The standard InChI is InChI=1S/C17H24ClNO4/c1-12(2)7-15-10-22-6-5-19(15)9-13-8-14(18)3-4-16(13)23-11-17(20)21/h3-4,8,12,15H,5-7,9-11H2,1-2H3,(H,20,21)/t15-/m0/s1. The van der Waals surface area contributed by atoms with Gasteiger partial charge in [-0.2, -0.15) is 0 Å². The van der Waals surface area contributed by atoms with Gasteiger partial charge < -0.3 is 14.6 Å². The Hall–Kier alpha value is -1.30. The number of benzene rings is 1. The summed E-state index contributed by atoms with van der Waals surface area (Å²) in [5, 5.41) is 9.43. The molecule has 0 radical (unpaired) electrons. The highest BCUT2D eigenvalue weighted by molar-refractivity contribution is 6.30. The van der Waals surface area contributed by atoms with Crippen LogP contribution in [0, 0.1) is 5.92 Å². The number of morpholine rings is 1. The van der Waals surface area contributed by atoms with Gasteiger partial charge in [0.25, 0.3) is 0 Å². The monoisotopic (exact) mass is 341 g/mol. The van der Waals surface area contributed by atoms with Gasteiger partial charge in [0.05, 0.1) is 13.2 Å². The first-order chi connectivity index (χ1) is 11.0. The molecule has 0 bridgehead atoms. The summed E-state index contributed by atoms with van der Waals surface area (Å²) in [6.45, 7) is 7.01. The third-order valence-electron chi connectivity index (χ3n) is 3.84. The second-order valence-electron chi connectivity index (χ2n) is 6.26. The Kier molecular flexibility index (Phi) is 6.69. The minimum Gasteiger partial charge on any atom is -0.482 e. The molecule has 2 rings (SSSR count). The van der Waals surface area contributed by atoms with Gasteiger partial charge in [-0.25, -0.2) is 4.79 Å². The number of carboxylic acid groups (broad SMARTS) is 1. The van der Waals surface area contributed by atoms with Crippen LogP contribution < -0.4 is 4.74 Å². The number of carbonyl (C=O) groups is 1. The number of hydrogen-bond acceptors (Lipinski definition) is 4. The Labute approximate surface area is 142 Å². The van der Waals surface area contributed by atoms with Gasteiger partial charge in [-0.15, -0.1) is 0 Å². The van der Waals surface area contributed by atoms with E-state index in [0.717, 1.165) is 25.1 Å². The molecule has 128 valence electrons. The predicted octanol–water partition coefficient (Wildman–Crippen LogP) is 3.05. The summed E-state index contributed by atoms with van der Waals surface area (Å²) in [5.74, 6) is 0.174. The molecule has 1 aliphatic heterocycles. The van der Waals surface area contributed by atoms with E-state index in [2.05, 4.69) is 18.7 Å². The normalized spacial score (nSPS) is 19.0. The summed E-state index contributed by atoms with van der Waals surface area (Å²) in [7, 11) is 0. The molecule has 5 nitrogen and oxygen atoms in total. The fourth-order valence-electron chi connectivity index (χ4n) is 2.83. The van der Waals surface area contributed by atoms with E-state index in [1.54, 1.807) is 12.1 Å². The highest BCUT2D eigenvalue weighted by atomic mass is 35.5. The minimum atomic E-state index is -0.991. The topological polar surface area (TPSA) is 59.0 Å². The molecule has 0 aliphatic carbocycles. The van der Waals surface area contributed by atoms with Crippen LogP contribution in [0.25, 0.3) is 0 Å². The molecule has 0 spiro atoms. The third kappa shape index (κ3) is 5.68. The number of carboxylic acids is 1. The predicted molar refractivity (Wildman–Crippen MR) is 89.1 cm³/mol. The number of hydrogen-bond donors (Lipinski definition) is 1. The van der Waals surface area contributed by atoms with Crippen molar-refractivity contribution in [3.63, 3.8) is 0 Å². The molecule has 1 N–H and O–H groups in total. The zero-order chi connectivity index (χ0) is 16.8. The van der Waals surface area contributed by atoms with Crippen LogP contribution in [0.1, 0.15) is 25.8 Å². The molecular weight excluding hydrogens is 318 g/mol. The molecule has 1 heterocycles. The molecule has 1 aromatic carbocycles. The van der Waals surface area contributed by atoms with Gasteiger partial charge >= 0.3 is 5.97 Å². The fraction of sp³-hybridized carbons (Fsp3) is 0.588. The maximum absolute atomic E-state index is 10.7. The summed E-state index contributed by atoms with van der Waals surface area (Å²) in [4.78, 5) is 13.1. The van der Waals surface area contributed by atoms with E-state index in [1.807, 2.05) is 6.07 Å². The summed E-state index contributed by atoms with van der Waals surface area (Å²) < 4.78 is 11.0. The zero-order valence-electron chi connectivity index (χ0n) is 13.6. The van der Waals surface area contributed by atoms with Crippen LogP contribution in [0.3, 0.4) is 0 Å². The van der Waals surface area contributed by atoms with Crippen LogP contribution in [-0.4, -0.2) is 48.4 Å². The maximum atomic E-state index is 10.7. The first-order valence-corrected chi connectivity index (χ1v) is 8.28. The van der Waals surface area contributed by atoms with Gasteiger partial charge in [-0.05, 0) is 30.5 Å². The molecular formula is C17H24ClNO4. The second-order valence-corrected chi connectivity index (χ2v) is 6.70. The Morgan fingerprint density at radius 3 is 3.00 bits per heavy atom. The molecule has 6 heteroatoms. The van der Waals surface area contributed by atoms with Gasteiger partial charge in [0.2, 0.25) is 0 Å². The van der Waals surface area contributed by atoms with Crippen molar-refractivity contribution >= 4 is 17.6 Å². The Morgan fingerprint density at radius 2 is 2.30 bits per heavy atom. The lowest BCUT2D eigenvalue weighted by Crippen LogP contribution is -2.45. The van der Waals surface area contributed by atoms with Crippen molar-refractivity contribution in [3.8, 4) is 5.75 Å². The summed E-state index contributed by atoms with van der Waals surface area (Å²) in [6, 6.07) is 5.65. The minimum absolute atomic E-state index is 0.354. The quantitative estimate of drug-likeness (QED) is 0.826. The van der Waals surface area contributed by atoms with Crippen molar-refractivity contribution in [2.75, 3.05) is 26.4 Å². The van der Waals surface area contributed by atoms with Crippen molar-refractivity contribution in [2.45, 2.75) is 32.9 Å². The van der Waals surface area contributed by atoms with E-state index in [9.17, 15) is 4.79 Å². The van der Waals surface area contributed by atoms with E-state index in [1.165, 1.54) is 0 Å². The highest BCUT2D eigenvalue weighted by Crippen LogP contribution is 2.27. The van der Waals surface area contributed by atoms with Gasteiger partial charge in [0.15, 0.2) is 6.61 Å². The second kappa shape index (κ2) is 8.52. The highest BCUT2D eigenvalue weighted by Gasteiger charge is 2.25. The molecule has 0 saturated carbocycles. The van der Waals surface area contributed by atoms with Crippen molar-refractivity contribution in [1.82, 2.24) is 4.90 Å². The van der Waals surface area contributed by atoms with Crippen LogP contribution in [0.5, 0.6) is 5.75 Å². The Morgan fingerprint density at radius 1 is 1.52 bits per heavy atom. The van der Waals surface area contributed by atoms with Gasteiger partial charge in [0, 0.05) is 29.7 Å². The van der Waals surface area contributed by atoms with Crippen LogP contribution in [0.15, 0.2) is 18.2 Å². The van der Waals surface area contributed by atoms with E-state index >= 15 is 0 Å². The largest absolute Gasteiger partial charge is 0.482 e. The number of rotatable bonds is 7. The molecule has 0 amide bonds. The first-order valence-electron chi connectivity index (χ1n) is 7.90. The van der Waals surface area contributed by atoms with Crippen LogP contribution in [-0.2, 0) is 16.1 Å². The number of aliphatic carboxylic acids is 1. The molecule has 0 unspecified atom stereocenters. The lowest BCUT2D eigenvalue weighted by molar-refractivity contribution is -0.139. The van der Waals surface area contributed by atoms with Gasteiger partial charge in [-0.1, -0.05) is 25.4 Å². The number of halogens is 1. The van der Waals surface area contributed by atoms with E-state index in [0.29, 0.717) is 35.9 Å². The van der Waals surface area contributed by atoms with E-state index < -0.39 is 5.97 Å². The summed E-state index contributed by atoms with van der Waals surface area (Å²) in [5.41, 5.74) is 0.911. The third-order valence-corrected chi connectivity index (χ3v) is 4.08. The van der Waals surface area contributed by atoms with Crippen LogP contribution >= 0.6 is 11.6 Å². The zero-order valence-corrected chi connectivity index (χ0v) is 14.4. The van der Waals surface area contributed by atoms with Crippen molar-refractivity contribution in [3.05, 3.63) is 28.8 Å². The van der Waals surface area contributed by atoms with Crippen molar-refractivity contribution in [1.29, 1.82) is 0 Å². The first kappa shape index (κ1) is 18.0. The van der Waals surface area contributed by atoms with Gasteiger partial charge in [0.1, 0.15) is 5.75 Å². The maximum Gasteiger partial charge on any atom is 0.341 e. The molecule has 1 atom stereocenters. The lowest BCUT2D eigenvalue weighted by atomic mass is 10.0. The van der Waals surface area contributed by atoms with Crippen LogP contribution in [0.2, 0.25) is 5.02 Å². The summed E-state index contributed by atoms with van der Waals surface area (Å²) >= 11 is 6.10. The van der Waals surface area contributed by atoms with Crippen molar-refractivity contribution < 1.29 is 19.4 Å². The average Bonchev–Trinajstić information content (AvgIpc) is 2.48. The fourth-order valence-corrected chi connectivity index (χ4v) is 3.02. The van der Waals surface area contributed by atoms with Gasteiger partial charge in [-0.3, -0.25) is 4.90 Å². The summed E-state index contributed by atoms with van der Waals surface area (Å²) in [6.07, 6.45) is 1.06. The number of nitrogens with zero attached hydrogens (tertiary/aromatic N) is 1. The SMILES string of the molecule is CC(C)C[C@H]1COCCN1Cc1cc(Cl)ccc1OCC(=O)O. The molecule has 1 aliphatic rings. The van der Waals surface area contributed by atoms with Crippen LogP contribution in [0.4, 0.5) is 0 Å². The molecule has 23 heavy (non-hydrogen) atoms. The average molecular weight is 342 g/mol. The molecule has 1 saturated heterocycles. The molecule has 1 aromatic rings. The molecule has 1 fully saturated rings. The smallest absolute Gasteiger partial charge is 0.341 e. The number of ether oxygens (including phenoxy) is 2. The van der Waals surface area contributed by atoms with E-state index in [-0.39, 0.29) is 6.61 Å².